The van der Waals surface area contributed by atoms with E-state index in [1.54, 1.807) is 11.3 Å². The molecular weight excluding hydrogens is 204 g/mol. The fraction of sp³-hybridized carbons (Fsp3) is 0.250. The Morgan fingerprint density at radius 1 is 1.27 bits per heavy atom. The van der Waals surface area contributed by atoms with Gasteiger partial charge in [0.05, 0.1) is 0 Å². The summed E-state index contributed by atoms with van der Waals surface area (Å²) in [5, 5.41) is 9.13. The second-order valence-electron chi connectivity index (χ2n) is 3.85. The Bertz CT molecular complexity index is 511. The standard InChI is InChI=1S/C12H14N2S/c1-8-6-10-7-9(12(13)14(2)3)4-5-11(10)15-8/h4-7,13H,1-3H3. The zero-order chi connectivity index (χ0) is 11.0. The van der Waals surface area contributed by atoms with Crippen LogP contribution < -0.4 is 0 Å². The van der Waals surface area contributed by atoms with Crippen molar-refractivity contribution in [3.63, 3.8) is 0 Å². The Hall–Kier alpha value is -1.35. The lowest BCUT2D eigenvalue weighted by Gasteiger charge is -2.13. The van der Waals surface area contributed by atoms with Gasteiger partial charge in [0.25, 0.3) is 0 Å². The number of nitrogens with zero attached hydrogens (tertiary/aromatic N) is 1. The molecule has 0 aliphatic heterocycles. The van der Waals surface area contributed by atoms with Gasteiger partial charge in [-0.3, -0.25) is 5.41 Å². The molecule has 0 unspecified atom stereocenters. The molecule has 78 valence electrons. The third kappa shape index (κ3) is 1.88. The van der Waals surface area contributed by atoms with Crippen LogP contribution in [0.2, 0.25) is 0 Å². The molecule has 0 saturated heterocycles. The molecule has 2 aromatic rings. The highest BCUT2D eigenvalue weighted by Crippen LogP contribution is 2.25. The lowest BCUT2D eigenvalue weighted by molar-refractivity contribution is 0.619. The van der Waals surface area contributed by atoms with E-state index in [1.165, 1.54) is 15.0 Å². The van der Waals surface area contributed by atoms with Gasteiger partial charge in [-0.05, 0) is 36.6 Å². The highest BCUT2D eigenvalue weighted by molar-refractivity contribution is 7.19. The largest absolute Gasteiger partial charge is 0.363 e. The molecule has 1 heterocycles. The van der Waals surface area contributed by atoms with Gasteiger partial charge in [-0.2, -0.15) is 0 Å². The van der Waals surface area contributed by atoms with Gasteiger partial charge in [0, 0.05) is 29.2 Å². The number of benzene rings is 1. The van der Waals surface area contributed by atoms with E-state index in [4.69, 9.17) is 5.41 Å². The summed E-state index contributed by atoms with van der Waals surface area (Å²) < 4.78 is 1.29. The average Bonchev–Trinajstić information content (AvgIpc) is 2.55. The molecule has 15 heavy (non-hydrogen) atoms. The lowest BCUT2D eigenvalue weighted by atomic mass is 10.1. The molecule has 0 aliphatic rings. The van der Waals surface area contributed by atoms with E-state index >= 15 is 0 Å². The van der Waals surface area contributed by atoms with Gasteiger partial charge in [-0.1, -0.05) is 0 Å². The van der Waals surface area contributed by atoms with E-state index in [9.17, 15) is 0 Å². The Morgan fingerprint density at radius 2 is 2.00 bits per heavy atom. The molecule has 0 amide bonds. The van der Waals surface area contributed by atoms with Crippen LogP contribution in [0, 0.1) is 12.3 Å². The van der Waals surface area contributed by atoms with Crippen LogP contribution in [0.4, 0.5) is 0 Å². The van der Waals surface area contributed by atoms with Crippen LogP contribution in [0.3, 0.4) is 0 Å². The van der Waals surface area contributed by atoms with Crippen molar-refractivity contribution in [2.45, 2.75) is 6.92 Å². The first-order chi connectivity index (χ1) is 7.08. The predicted octanol–water partition coefficient (Wildman–Crippen LogP) is 3.10. The van der Waals surface area contributed by atoms with Crippen molar-refractivity contribution in [2.24, 2.45) is 0 Å². The van der Waals surface area contributed by atoms with Crippen molar-refractivity contribution < 1.29 is 0 Å². The number of nitrogens with one attached hydrogen (secondary N) is 1. The predicted molar refractivity (Wildman–Crippen MR) is 67.1 cm³/mol. The van der Waals surface area contributed by atoms with Crippen LogP contribution in [0.25, 0.3) is 10.1 Å². The molecule has 1 aromatic carbocycles. The summed E-state index contributed by atoms with van der Waals surface area (Å²) in [5.74, 6) is 0.556. The van der Waals surface area contributed by atoms with Crippen molar-refractivity contribution in [3.8, 4) is 0 Å². The summed E-state index contributed by atoms with van der Waals surface area (Å²) >= 11 is 1.80. The van der Waals surface area contributed by atoms with E-state index in [-0.39, 0.29) is 0 Å². The zero-order valence-corrected chi connectivity index (χ0v) is 9.98. The Morgan fingerprint density at radius 3 is 2.67 bits per heavy atom. The molecule has 1 aromatic heterocycles. The molecule has 3 heteroatoms. The third-order valence-corrected chi connectivity index (χ3v) is 3.39. The number of amidine groups is 1. The molecule has 0 fully saturated rings. The number of rotatable bonds is 1. The minimum absolute atomic E-state index is 0.556. The summed E-state index contributed by atoms with van der Waals surface area (Å²) in [6.45, 7) is 2.11. The average molecular weight is 218 g/mol. The summed E-state index contributed by atoms with van der Waals surface area (Å²) in [6.07, 6.45) is 0. The van der Waals surface area contributed by atoms with Crippen molar-refractivity contribution in [3.05, 3.63) is 34.7 Å². The lowest BCUT2D eigenvalue weighted by Crippen LogP contribution is -2.21. The molecule has 0 spiro atoms. The zero-order valence-electron chi connectivity index (χ0n) is 9.16. The van der Waals surface area contributed by atoms with Gasteiger partial charge in [0.1, 0.15) is 5.84 Å². The van der Waals surface area contributed by atoms with Gasteiger partial charge in [-0.25, -0.2) is 0 Å². The van der Waals surface area contributed by atoms with Crippen molar-refractivity contribution >= 4 is 27.3 Å². The second-order valence-corrected chi connectivity index (χ2v) is 5.14. The maximum atomic E-state index is 7.90. The molecular formula is C12H14N2S. The molecule has 2 rings (SSSR count). The smallest absolute Gasteiger partial charge is 0.127 e. The van der Waals surface area contributed by atoms with Gasteiger partial charge in [0.15, 0.2) is 0 Å². The molecule has 0 radical (unpaired) electrons. The van der Waals surface area contributed by atoms with E-state index in [0.717, 1.165) is 5.56 Å². The van der Waals surface area contributed by atoms with Crippen molar-refractivity contribution in [1.82, 2.24) is 4.90 Å². The van der Waals surface area contributed by atoms with E-state index in [1.807, 2.05) is 25.1 Å². The minimum atomic E-state index is 0.556. The van der Waals surface area contributed by atoms with Crippen LogP contribution in [-0.4, -0.2) is 24.8 Å². The van der Waals surface area contributed by atoms with Gasteiger partial charge in [0.2, 0.25) is 0 Å². The first kappa shape index (κ1) is 10.2. The van der Waals surface area contributed by atoms with Crippen LogP contribution in [0.15, 0.2) is 24.3 Å². The van der Waals surface area contributed by atoms with Crippen molar-refractivity contribution in [2.75, 3.05) is 14.1 Å². The maximum absolute atomic E-state index is 7.90. The molecule has 0 atom stereocenters. The molecule has 0 saturated carbocycles. The number of aryl methyl sites for hydroxylation is 1. The monoisotopic (exact) mass is 218 g/mol. The second kappa shape index (κ2) is 3.66. The molecule has 2 nitrogen and oxygen atoms in total. The maximum Gasteiger partial charge on any atom is 0.127 e. The number of thiophene rings is 1. The molecule has 0 aliphatic carbocycles. The Labute approximate surface area is 93.7 Å². The first-order valence-electron chi connectivity index (χ1n) is 4.84. The van der Waals surface area contributed by atoms with E-state index < -0.39 is 0 Å². The molecule has 0 bridgehead atoms. The van der Waals surface area contributed by atoms with Gasteiger partial charge >= 0.3 is 0 Å². The molecule has 1 N–H and O–H groups in total. The summed E-state index contributed by atoms with van der Waals surface area (Å²) in [4.78, 5) is 3.14. The topological polar surface area (TPSA) is 27.1 Å². The summed E-state index contributed by atoms with van der Waals surface area (Å²) in [5.41, 5.74) is 0.977. The van der Waals surface area contributed by atoms with Crippen molar-refractivity contribution in [1.29, 1.82) is 5.41 Å². The van der Waals surface area contributed by atoms with Gasteiger partial charge in [-0.15, -0.1) is 11.3 Å². The first-order valence-corrected chi connectivity index (χ1v) is 5.66. The van der Waals surface area contributed by atoms with Crippen LogP contribution in [0.1, 0.15) is 10.4 Å². The summed E-state index contributed by atoms with van der Waals surface area (Å²) in [7, 11) is 3.79. The van der Waals surface area contributed by atoms with Gasteiger partial charge < -0.3 is 4.90 Å². The fourth-order valence-electron chi connectivity index (χ4n) is 1.58. The Kier molecular flexibility index (Phi) is 2.49. The van der Waals surface area contributed by atoms with Crippen LogP contribution in [-0.2, 0) is 0 Å². The normalized spacial score (nSPS) is 10.6. The highest BCUT2D eigenvalue weighted by atomic mass is 32.1. The number of hydrogen-bond acceptors (Lipinski definition) is 2. The third-order valence-electron chi connectivity index (χ3n) is 2.36. The van der Waals surface area contributed by atoms with Crippen LogP contribution in [0.5, 0.6) is 0 Å². The summed E-state index contributed by atoms with van der Waals surface area (Å²) in [6, 6.07) is 8.37. The highest BCUT2D eigenvalue weighted by Gasteiger charge is 2.05. The van der Waals surface area contributed by atoms with E-state index in [0.29, 0.717) is 5.84 Å². The Balaban J connectivity index is 2.51. The number of hydrogen-bond donors (Lipinski definition) is 1. The SMILES string of the molecule is Cc1cc2cc(C(=N)N(C)C)ccc2s1. The van der Waals surface area contributed by atoms with Crippen LogP contribution >= 0.6 is 11.3 Å². The fourth-order valence-corrected chi connectivity index (χ4v) is 2.49. The van der Waals surface area contributed by atoms with E-state index in [2.05, 4.69) is 25.1 Å². The quantitative estimate of drug-likeness (QED) is 0.578. The minimum Gasteiger partial charge on any atom is -0.363 e. The number of fused-ring (bicyclic) bond motifs is 1.